The third kappa shape index (κ3) is 6.99. The first-order valence-electron chi connectivity index (χ1n) is 10.7. The fraction of sp³-hybridized carbons (Fsp3) is 0.565. The fourth-order valence-electron chi connectivity index (χ4n) is 3.48. The van der Waals surface area contributed by atoms with E-state index in [1.807, 2.05) is 44.2 Å². The van der Waals surface area contributed by atoms with Gasteiger partial charge in [-0.2, -0.15) is 5.26 Å². The van der Waals surface area contributed by atoms with E-state index in [2.05, 4.69) is 16.7 Å². The molecule has 8 heteroatoms. The largest absolute Gasteiger partial charge is 0.436 e. The van der Waals surface area contributed by atoms with Crippen LogP contribution in [0.15, 0.2) is 30.3 Å². The van der Waals surface area contributed by atoms with Gasteiger partial charge in [-0.05, 0) is 17.9 Å². The molecule has 1 saturated heterocycles. The molecular formula is C23H32N4O4. The molecule has 2 N–H and O–H groups in total. The molecule has 0 radical (unpaired) electrons. The molecule has 1 aromatic rings. The summed E-state index contributed by atoms with van der Waals surface area (Å²) in [7, 11) is 0. The van der Waals surface area contributed by atoms with E-state index in [1.54, 1.807) is 18.7 Å². The maximum atomic E-state index is 12.9. The molecule has 0 saturated carbocycles. The molecule has 0 aliphatic carbocycles. The Balaban J connectivity index is 2.00. The maximum absolute atomic E-state index is 12.9. The van der Waals surface area contributed by atoms with Crippen molar-refractivity contribution in [2.45, 2.75) is 58.7 Å². The van der Waals surface area contributed by atoms with Gasteiger partial charge in [-0.1, -0.05) is 58.0 Å². The summed E-state index contributed by atoms with van der Waals surface area (Å²) in [5.41, 5.74) is -0.269. The molecule has 2 rings (SSSR count). The molecule has 8 nitrogen and oxygen atoms in total. The Labute approximate surface area is 183 Å². The molecule has 31 heavy (non-hydrogen) atoms. The second-order valence-electron chi connectivity index (χ2n) is 8.71. The van der Waals surface area contributed by atoms with Gasteiger partial charge in [0.1, 0.15) is 5.54 Å². The van der Waals surface area contributed by atoms with Crippen LogP contribution in [-0.4, -0.2) is 47.5 Å². The molecule has 0 bridgehead atoms. The standard InChI is InChI=1S/C23H32N4O4/c1-16(2)12-19(31-22(30)25-13-18-8-6-5-7-9-18)20(28)26-23(14-24)10-11-27(15-23)21(29)17(3)4/h5-9,16-17,19H,10-13,15H2,1-4H3,(H,25,30)(H,26,28)/t19-,23?/m0/s1. The van der Waals surface area contributed by atoms with Crippen molar-refractivity contribution in [2.75, 3.05) is 13.1 Å². The van der Waals surface area contributed by atoms with E-state index >= 15 is 0 Å². The smallest absolute Gasteiger partial charge is 0.408 e. The molecule has 0 aromatic heterocycles. The van der Waals surface area contributed by atoms with Crippen LogP contribution in [-0.2, 0) is 20.9 Å². The van der Waals surface area contributed by atoms with Crippen molar-refractivity contribution in [1.29, 1.82) is 5.26 Å². The molecule has 1 fully saturated rings. The van der Waals surface area contributed by atoms with Crippen LogP contribution in [0.3, 0.4) is 0 Å². The van der Waals surface area contributed by atoms with E-state index < -0.39 is 23.6 Å². The van der Waals surface area contributed by atoms with Gasteiger partial charge in [-0.3, -0.25) is 9.59 Å². The number of nitriles is 1. The van der Waals surface area contributed by atoms with Gasteiger partial charge in [0, 0.05) is 25.4 Å². The summed E-state index contributed by atoms with van der Waals surface area (Å²) < 4.78 is 5.41. The number of hydrogen-bond acceptors (Lipinski definition) is 5. The third-order valence-electron chi connectivity index (χ3n) is 5.16. The molecule has 2 atom stereocenters. The number of likely N-dealkylation sites (tertiary alicyclic amines) is 1. The maximum Gasteiger partial charge on any atom is 0.408 e. The summed E-state index contributed by atoms with van der Waals surface area (Å²) in [5, 5.41) is 15.1. The zero-order chi connectivity index (χ0) is 23.0. The number of carbonyl (C=O) groups is 3. The number of alkyl carbamates (subject to hydrolysis) is 1. The second kappa shape index (κ2) is 10.8. The van der Waals surface area contributed by atoms with Crippen LogP contribution in [0.4, 0.5) is 4.79 Å². The lowest BCUT2D eigenvalue weighted by atomic mass is 9.98. The molecule has 168 valence electrons. The quantitative estimate of drug-likeness (QED) is 0.661. The van der Waals surface area contributed by atoms with E-state index in [9.17, 15) is 19.6 Å². The van der Waals surface area contributed by atoms with E-state index in [1.165, 1.54) is 0 Å². The Hall–Kier alpha value is -3.08. The summed E-state index contributed by atoms with van der Waals surface area (Å²) >= 11 is 0. The highest BCUT2D eigenvalue weighted by Gasteiger charge is 2.43. The van der Waals surface area contributed by atoms with Crippen molar-refractivity contribution in [1.82, 2.24) is 15.5 Å². The number of nitrogens with zero attached hydrogens (tertiary/aromatic N) is 2. The number of amides is 3. The zero-order valence-electron chi connectivity index (χ0n) is 18.7. The van der Waals surface area contributed by atoms with E-state index in [0.29, 0.717) is 19.4 Å². The lowest BCUT2D eigenvalue weighted by Gasteiger charge is -2.27. The average molecular weight is 429 g/mol. The predicted molar refractivity (Wildman–Crippen MR) is 116 cm³/mol. The van der Waals surface area contributed by atoms with Crippen molar-refractivity contribution in [3.8, 4) is 6.07 Å². The summed E-state index contributed by atoms with van der Waals surface area (Å²) in [4.78, 5) is 39.1. The van der Waals surface area contributed by atoms with Crippen molar-refractivity contribution in [3.05, 3.63) is 35.9 Å². The summed E-state index contributed by atoms with van der Waals surface area (Å²) in [6.45, 7) is 8.25. The zero-order valence-corrected chi connectivity index (χ0v) is 18.7. The lowest BCUT2D eigenvalue weighted by Crippen LogP contribution is -2.54. The SMILES string of the molecule is CC(C)C[C@H](OC(=O)NCc1ccccc1)C(=O)NC1(C#N)CCN(C(=O)C(C)C)C1. The Morgan fingerprint density at radius 2 is 1.87 bits per heavy atom. The van der Waals surface area contributed by atoms with Crippen molar-refractivity contribution < 1.29 is 19.1 Å². The first-order valence-corrected chi connectivity index (χ1v) is 10.7. The molecule has 1 aromatic carbocycles. The van der Waals surface area contributed by atoms with Crippen molar-refractivity contribution >= 4 is 17.9 Å². The highest BCUT2D eigenvalue weighted by atomic mass is 16.6. The minimum Gasteiger partial charge on any atom is -0.436 e. The third-order valence-corrected chi connectivity index (χ3v) is 5.16. The van der Waals surface area contributed by atoms with Crippen molar-refractivity contribution in [3.63, 3.8) is 0 Å². The van der Waals surface area contributed by atoms with Gasteiger partial charge in [0.05, 0.1) is 12.6 Å². The van der Waals surface area contributed by atoms with Crippen LogP contribution >= 0.6 is 0 Å². The Morgan fingerprint density at radius 1 is 1.19 bits per heavy atom. The topological polar surface area (TPSA) is 112 Å². The van der Waals surface area contributed by atoms with E-state index in [4.69, 9.17) is 4.74 Å². The molecule has 0 spiro atoms. The Kier molecular flexibility index (Phi) is 8.43. The van der Waals surface area contributed by atoms with Crippen LogP contribution in [0.5, 0.6) is 0 Å². The summed E-state index contributed by atoms with van der Waals surface area (Å²) in [5.74, 6) is -0.667. The van der Waals surface area contributed by atoms with Gasteiger partial charge < -0.3 is 20.3 Å². The number of hydrogen-bond donors (Lipinski definition) is 2. The minimum atomic E-state index is -1.18. The summed E-state index contributed by atoms with van der Waals surface area (Å²) in [6.07, 6.45) is -1.07. The van der Waals surface area contributed by atoms with Crippen LogP contribution in [0.25, 0.3) is 0 Å². The monoisotopic (exact) mass is 428 g/mol. The van der Waals surface area contributed by atoms with Crippen LogP contribution in [0.2, 0.25) is 0 Å². The Morgan fingerprint density at radius 3 is 2.45 bits per heavy atom. The van der Waals surface area contributed by atoms with E-state index in [0.717, 1.165) is 5.56 Å². The van der Waals surface area contributed by atoms with Gasteiger partial charge in [0.25, 0.3) is 5.91 Å². The van der Waals surface area contributed by atoms with Gasteiger partial charge in [-0.25, -0.2) is 4.79 Å². The first-order chi connectivity index (χ1) is 14.7. The van der Waals surface area contributed by atoms with Gasteiger partial charge in [0.15, 0.2) is 6.10 Å². The van der Waals surface area contributed by atoms with E-state index in [-0.39, 0.29) is 30.8 Å². The number of nitrogens with one attached hydrogen (secondary N) is 2. The second-order valence-corrected chi connectivity index (χ2v) is 8.71. The number of rotatable bonds is 8. The highest BCUT2D eigenvalue weighted by Crippen LogP contribution is 2.23. The molecule has 1 heterocycles. The highest BCUT2D eigenvalue weighted by molar-refractivity contribution is 5.85. The van der Waals surface area contributed by atoms with Gasteiger partial charge >= 0.3 is 6.09 Å². The average Bonchev–Trinajstić information content (AvgIpc) is 3.16. The minimum absolute atomic E-state index is 0.0540. The molecule has 1 unspecified atom stereocenters. The lowest BCUT2D eigenvalue weighted by molar-refractivity contribution is -0.135. The Bertz CT molecular complexity index is 819. The number of carbonyl (C=O) groups excluding carboxylic acids is 3. The molecule has 3 amide bonds. The molecule has 1 aliphatic rings. The van der Waals surface area contributed by atoms with Crippen LogP contribution in [0, 0.1) is 23.2 Å². The number of ether oxygens (including phenoxy) is 1. The predicted octanol–water partition coefficient (Wildman–Crippen LogP) is 2.59. The normalized spacial score (nSPS) is 19.1. The van der Waals surface area contributed by atoms with Gasteiger partial charge in [-0.15, -0.1) is 0 Å². The van der Waals surface area contributed by atoms with Crippen LogP contribution < -0.4 is 10.6 Å². The van der Waals surface area contributed by atoms with Crippen LogP contribution in [0.1, 0.15) is 46.1 Å². The van der Waals surface area contributed by atoms with Gasteiger partial charge in [0.2, 0.25) is 5.91 Å². The fourth-order valence-corrected chi connectivity index (χ4v) is 3.48. The first kappa shape index (κ1) is 24.2. The van der Waals surface area contributed by atoms with Crippen molar-refractivity contribution in [2.24, 2.45) is 11.8 Å². The molecule has 1 aliphatic heterocycles. The summed E-state index contributed by atoms with van der Waals surface area (Å²) in [6, 6.07) is 11.5. The number of benzene rings is 1. The molecular weight excluding hydrogens is 396 g/mol.